The topological polar surface area (TPSA) is 70.4 Å². The molecule has 6 nitrogen and oxygen atoms in total. The Bertz CT molecular complexity index is 1070. The summed E-state index contributed by atoms with van der Waals surface area (Å²) >= 11 is 0. The normalized spacial score (nSPS) is 10.9. The van der Waals surface area contributed by atoms with Crippen LogP contribution < -0.4 is 4.74 Å². The van der Waals surface area contributed by atoms with Gasteiger partial charge in [0.15, 0.2) is 0 Å². The van der Waals surface area contributed by atoms with Crippen molar-refractivity contribution >= 4 is 18.0 Å². The molecule has 0 saturated carbocycles. The maximum absolute atomic E-state index is 13.1. The van der Waals surface area contributed by atoms with Crippen molar-refractivity contribution in [2.75, 3.05) is 7.11 Å². The van der Waals surface area contributed by atoms with Crippen LogP contribution in [0.1, 0.15) is 27.3 Å². The zero-order valence-corrected chi connectivity index (χ0v) is 16.2. The van der Waals surface area contributed by atoms with Crippen LogP contribution in [0.15, 0.2) is 54.6 Å². The van der Waals surface area contributed by atoms with Crippen LogP contribution in [-0.2, 0) is 9.53 Å². The first kappa shape index (κ1) is 20.0. The second-order valence-electron chi connectivity index (χ2n) is 6.24. The minimum atomic E-state index is -0.566. The molecule has 0 fully saturated rings. The summed E-state index contributed by atoms with van der Waals surface area (Å²) in [7, 11) is 1.29. The van der Waals surface area contributed by atoms with E-state index >= 15 is 0 Å². The quantitative estimate of drug-likeness (QED) is 0.371. The van der Waals surface area contributed by atoms with Crippen molar-refractivity contribution in [3.05, 3.63) is 82.9 Å². The predicted octanol–water partition coefficient (Wildman–Crippen LogP) is 4.03. The van der Waals surface area contributed by atoms with Crippen LogP contribution in [0.25, 0.3) is 11.8 Å². The Kier molecular flexibility index (Phi) is 5.87. The maximum atomic E-state index is 13.1. The van der Waals surface area contributed by atoms with Crippen LogP contribution in [-0.4, -0.2) is 28.8 Å². The molecule has 29 heavy (non-hydrogen) atoms. The van der Waals surface area contributed by atoms with Gasteiger partial charge < -0.3 is 9.47 Å². The lowest BCUT2D eigenvalue weighted by atomic mass is 10.2. The van der Waals surface area contributed by atoms with Gasteiger partial charge in [0.25, 0.3) is 0 Å². The molecule has 0 unspecified atom stereocenters. The summed E-state index contributed by atoms with van der Waals surface area (Å²) in [5.41, 5.74) is 3.38. The van der Waals surface area contributed by atoms with E-state index in [9.17, 15) is 14.0 Å². The molecule has 1 heterocycles. The van der Waals surface area contributed by atoms with E-state index in [0.29, 0.717) is 11.3 Å². The van der Waals surface area contributed by atoms with Crippen molar-refractivity contribution in [3.63, 3.8) is 0 Å². The number of hydrogen-bond acceptors (Lipinski definition) is 5. The van der Waals surface area contributed by atoms with E-state index in [1.54, 1.807) is 22.9 Å². The van der Waals surface area contributed by atoms with E-state index in [-0.39, 0.29) is 5.82 Å². The van der Waals surface area contributed by atoms with E-state index in [4.69, 9.17) is 4.74 Å². The fourth-order valence-electron chi connectivity index (χ4n) is 2.81. The number of rotatable bonds is 5. The van der Waals surface area contributed by atoms with Crippen LogP contribution in [0, 0.1) is 19.7 Å². The summed E-state index contributed by atoms with van der Waals surface area (Å²) in [6, 6.07) is 12.1. The van der Waals surface area contributed by atoms with E-state index in [1.165, 1.54) is 49.6 Å². The number of esters is 2. The lowest BCUT2D eigenvalue weighted by molar-refractivity contribution is -0.128. The van der Waals surface area contributed by atoms with E-state index in [0.717, 1.165) is 22.6 Å². The zero-order valence-electron chi connectivity index (χ0n) is 16.2. The molecular formula is C22H19FN2O4. The summed E-state index contributed by atoms with van der Waals surface area (Å²) < 4.78 is 24.7. The maximum Gasteiger partial charge on any atom is 0.337 e. The summed E-state index contributed by atoms with van der Waals surface area (Å²) in [6.45, 7) is 3.68. The van der Waals surface area contributed by atoms with E-state index in [1.807, 2.05) is 13.8 Å². The van der Waals surface area contributed by atoms with Gasteiger partial charge in [-0.3, -0.25) is 0 Å². The molecule has 0 bridgehead atoms. The highest BCUT2D eigenvalue weighted by molar-refractivity contribution is 5.90. The first-order valence-electron chi connectivity index (χ1n) is 8.79. The van der Waals surface area contributed by atoms with Gasteiger partial charge in [0.2, 0.25) is 0 Å². The molecule has 0 aliphatic rings. The second-order valence-corrected chi connectivity index (χ2v) is 6.24. The standard InChI is InChI=1S/C22H19FN2O4/c1-14-20(15(2)25(24-14)18-8-6-17(23)7-9-18)12-13-21(26)29-19-10-4-16(5-11-19)22(27)28-3/h4-13H,1-3H3/b13-12+. The van der Waals surface area contributed by atoms with Gasteiger partial charge >= 0.3 is 11.9 Å². The summed E-state index contributed by atoms with van der Waals surface area (Å²) in [5, 5.41) is 4.45. The number of ether oxygens (including phenoxy) is 2. The smallest absolute Gasteiger partial charge is 0.337 e. The monoisotopic (exact) mass is 394 g/mol. The average Bonchev–Trinajstić information content (AvgIpc) is 3.00. The van der Waals surface area contributed by atoms with Gasteiger partial charge in [0.05, 0.1) is 24.1 Å². The van der Waals surface area contributed by atoms with Gasteiger partial charge in [0.1, 0.15) is 11.6 Å². The molecule has 0 aliphatic carbocycles. The number of carbonyl (C=O) groups is 2. The Morgan fingerprint density at radius 1 is 1.03 bits per heavy atom. The lowest BCUT2D eigenvalue weighted by Crippen LogP contribution is -2.05. The highest BCUT2D eigenvalue weighted by atomic mass is 19.1. The van der Waals surface area contributed by atoms with Gasteiger partial charge in [0, 0.05) is 17.3 Å². The third kappa shape index (κ3) is 4.57. The number of nitrogens with zero attached hydrogens (tertiary/aromatic N) is 2. The minimum absolute atomic E-state index is 0.308. The Morgan fingerprint density at radius 2 is 1.69 bits per heavy atom. The second kappa shape index (κ2) is 8.52. The number of halogens is 1. The van der Waals surface area contributed by atoms with Gasteiger partial charge in [-0.15, -0.1) is 0 Å². The first-order chi connectivity index (χ1) is 13.9. The van der Waals surface area contributed by atoms with Gasteiger partial charge in [-0.2, -0.15) is 5.10 Å². The predicted molar refractivity (Wildman–Crippen MR) is 105 cm³/mol. The van der Waals surface area contributed by atoms with Gasteiger partial charge in [-0.05, 0) is 68.5 Å². The third-order valence-corrected chi connectivity index (χ3v) is 4.30. The van der Waals surface area contributed by atoms with Crippen LogP contribution >= 0.6 is 0 Å². The molecule has 3 aromatic rings. The zero-order chi connectivity index (χ0) is 21.0. The number of carbonyl (C=O) groups excluding carboxylic acids is 2. The van der Waals surface area contributed by atoms with Crippen molar-refractivity contribution < 1.29 is 23.5 Å². The molecule has 0 aliphatic heterocycles. The van der Waals surface area contributed by atoms with E-state index < -0.39 is 11.9 Å². The SMILES string of the molecule is COC(=O)c1ccc(OC(=O)/C=C/c2c(C)nn(-c3ccc(F)cc3)c2C)cc1. The Hall–Kier alpha value is -3.74. The van der Waals surface area contributed by atoms with Gasteiger partial charge in [-0.25, -0.2) is 18.7 Å². The number of hydrogen-bond donors (Lipinski definition) is 0. The Morgan fingerprint density at radius 3 is 2.31 bits per heavy atom. The highest BCUT2D eigenvalue weighted by Gasteiger charge is 2.12. The number of methoxy groups -OCH3 is 1. The van der Waals surface area contributed by atoms with Crippen LogP contribution in [0.5, 0.6) is 5.75 Å². The summed E-state index contributed by atoms with van der Waals surface area (Å²) in [4.78, 5) is 23.6. The Labute approximate surface area is 167 Å². The van der Waals surface area contributed by atoms with Crippen LogP contribution in [0.4, 0.5) is 4.39 Å². The van der Waals surface area contributed by atoms with Gasteiger partial charge in [-0.1, -0.05) is 0 Å². The number of benzene rings is 2. The van der Waals surface area contributed by atoms with Crippen molar-refractivity contribution in [2.45, 2.75) is 13.8 Å². The molecule has 0 saturated heterocycles. The molecule has 2 aromatic carbocycles. The number of aromatic nitrogens is 2. The molecular weight excluding hydrogens is 375 g/mol. The average molecular weight is 394 g/mol. The van der Waals surface area contributed by atoms with Crippen LogP contribution in [0.3, 0.4) is 0 Å². The van der Waals surface area contributed by atoms with Crippen LogP contribution in [0.2, 0.25) is 0 Å². The molecule has 0 N–H and O–H groups in total. The minimum Gasteiger partial charge on any atom is -0.465 e. The van der Waals surface area contributed by atoms with Crippen molar-refractivity contribution in [3.8, 4) is 11.4 Å². The highest BCUT2D eigenvalue weighted by Crippen LogP contribution is 2.20. The number of aryl methyl sites for hydroxylation is 1. The molecule has 7 heteroatoms. The molecule has 3 rings (SSSR count). The molecule has 0 amide bonds. The molecule has 0 radical (unpaired) electrons. The third-order valence-electron chi connectivity index (χ3n) is 4.30. The van der Waals surface area contributed by atoms with E-state index in [2.05, 4.69) is 9.84 Å². The van der Waals surface area contributed by atoms with Crippen molar-refractivity contribution in [1.82, 2.24) is 9.78 Å². The molecule has 1 aromatic heterocycles. The Balaban J connectivity index is 1.73. The summed E-state index contributed by atoms with van der Waals surface area (Å²) in [5.74, 6) is -1.04. The molecule has 0 spiro atoms. The molecule has 0 atom stereocenters. The largest absolute Gasteiger partial charge is 0.465 e. The molecule has 148 valence electrons. The fourth-order valence-corrected chi connectivity index (χ4v) is 2.81. The summed E-state index contributed by atoms with van der Waals surface area (Å²) in [6.07, 6.45) is 2.93. The van der Waals surface area contributed by atoms with Crippen molar-refractivity contribution in [1.29, 1.82) is 0 Å². The fraction of sp³-hybridized carbons (Fsp3) is 0.136. The lowest BCUT2D eigenvalue weighted by Gasteiger charge is -2.04. The first-order valence-corrected chi connectivity index (χ1v) is 8.79. The van der Waals surface area contributed by atoms with Crippen molar-refractivity contribution in [2.24, 2.45) is 0 Å².